The van der Waals surface area contributed by atoms with E-state index >= 15 is 0 Å². The number of allylic oxidation sites excluding steroid dienone is 1. The maximum absolute atomic E-state index is 14.7. The van der Waals surface area contributed by atoms with Crippen molar-refractivity contribution in [2.75, 3.05) is 0 Å². The van der Waals surface area contributed by atoms with Crippen molar-refractivity contribution in [1.82, 2.24) is 0 Å². The summed E-state index contributed by atoms with van der Waals surface area (Å²) in [4.78, 5) is 0. The highest BCUT2D eigenvalue weighted by molar-refractivity contribution is 6.25. The molecule has 0 radical (unpaired) electrons. The van der Waals surface area contributed by atoms with Gasteiger partial charge in [-0.2, -0.15) is 0 Å². The molecule has 0 heterocycles. The molecule has 0 aromatic heterocycles. The molecule has 1 aromatic rings. The summed E-state index contributed by atoms with van der Waals surface area (Å²) in [7, 11) is 0. The van der Waals surface area contributed by atoms with Crippen LogP contribution in [-0.4, -0.2) is 0 Å². The maximum atomic E-state index is 14.7. The van der Waals surface area contributed by atoms with Crippen molar-refractivity contribution >= 4 is 11.6 Å². The average Bonchev–Trinajstić information content (AvgIpc) is 2.75. The fourth-order valence-corrected chi connectivity index (χ4v) is 5.35. The third-order valence-electron chi connectivity index (χ3n) is 7.12. The van der Waals surface area contributed by atoms with E-state index in [1.807, 2.05) is 6.08 Å². The summed E-state index contributed by atoms with van der Waals surface area (Å²) in [5.41, 5.74) is 2.34. The summed E-state index contributed by atoms with van der Waals surface area (Å²) in [5, 5.41) is 0. The Morgan fingerprint density at radius 3 is 2.23 bits per heavy atom. The van der Waals surface area contributed by atoms with Gasteiger partial charge in [-0.15, -0.1) is 0 Å². The van der Waals surface area contributed by atoms with E-state index in [1.165, 1.54) is 50.7 Å². The molecule has 0 aliphatic heterocycles. The topological polar surface area (TPSA) is 0 Å². The number of benzene rings is 1. The monoisotopic (exact) mass is 432 g/mol. The van der Waals surface area contributed by atoms with E-state index in [2.05, 4.69) is 18.8 Å². The van der Waals surface area contributed by atoms with Crippen molar-refractivity contribution in [2.24, 2.45) is 17.8 Å². The van der Waals surface area contributed by atoms with E-state index in [0.717, 1.165) is 50.0 Å². The summed E-state index contributed by atoms with van der Waals surface area (Å²) in [6.07, 6.45) is 15.7. The van der Waals surface area contributed by atoms with E-state index in [1.54, 1.807) is 5.54 Å². The van der Waals surface area contributed by atoms with Gasteiger partial charge < -0.3 is 0 Å². The van der Waals surface area contributed by atoms with Crippen LogP contribution in [0, 0.1) is 41.2 Å². The standard InChI is InChI=1S/C27H35ClF2/c1-2-3-4-5-20-10-13-23(14-11-20)24-18-26(29)25(27(30)19-24)15-12-21-6-8-22(9-7-21)16-17-28/h16-23H,2-11,13-14H2,1H3/b17-16+/t20-,21?,22?,23-. The maximum Gasteiger partial charge on any atom is 0.142 e. The van der Waals surface area contributed by atoms with Crippen LogP contribution in [0.1, 0.15) is 101 Å². The molecular formula is C27H35ClF2. The van der Waals surface area contributed by atoms with Gasteiger partial charge in [-0.25, -0.2) is 8.78 Å². The summed E-state index contributed by atoms with van der Waals surface area (Å²) in [6.45, 7) is 2.24. The van der Waals surface area contributed by atoms with Crippen molar-refractivity contribution in [2.45, 2.75) is 89.9 Å². The minimum atomic E-state index is -0.499. The van der Waals surface area contributed by atoms with E-state index in [-0.39, 0.29) is 17.4 Å². The molecule has 0 amide bonds. The smallest absolute Gasteiger partial charge is 0.142 e. The molecular weight excluding hydrogens is 398 g/mol. The normalized spacial score (nSPS) is 27.1. The van der Waals surface area contributed by atoms with Crippen LogP contribution < -0.4 is 0 Å². The van der Waals surface area contributed by atoms with E-state index in [4.69, 9.17) is 11.6 Å². The molecule has 2 saturated carbocycles. The highest BCUT2D eigenvalue weighted by Gasteiger charge is 2.24. The first-order valence-corrected chi connectivity index (χ1v) is 12.3. The zero-order chi connectivity index (χ0) is 21.3. The van der Waals surface area contributed by atoms with Crippen LogP contribution in [0.25, 0.3) is 0 Å². The van der Waals surface area contributed by atoms with E-state index in [0.29, 0.717) is 5.92 Å². The van der Waals surface area contributed by atoms with Crippen LogP contribution in [0.3, 0.4) is 0 Å². The van der Waals surface area contributed by atoms with Gasteiger partial charge in [-0.1, -0.05) is 62.1 Å². The molecule has 0 unspecified atom stereocenters. The molecule has 0 spiro atoms. The summed E-state index contributed by atoms with van der Waals surface area (Å²) < 4.78 is 29.4. The fraction of sp³-hybridized carbons (Fsp3) is 0.630. The quantitative estimate of drug-likeness (QED) is 0.311. The van der Waals surface area contributed by atoms with Crippen LogP contribution in [0.4, 0.5) is 8.78 Å². The minimum absolute atomic E-state index is 0.0604. The van der Waals surface area contributed by atoms with Gasteiger partial charge in [0.2, 0.25) is 0 Å². The first kappa shape index (κ1) is 23.3. The second-order valence-electron chi connectivity index (χ2n) is 9.27. The minimum Gasteiger partial charge on any atom is -0.206 e. The van der Waals surface area contributed by atoms with Crippen molar-refractivity contribution in [3.63, 3.8) is 0 Å². The zero-order valence-corrected chi connectivity index (χ0v) is 19.0. The lowest BCUT2D eigenvalue weighted by atomic mass is 9.77. The Balaban J connectivity index is 1.58. The Hall–Kier alpha value is -1.33. The SMILES string of the molecule is CCCCC[C@H]1CC[C@H](c2cc(F)c(C#CC3CCC(/C=C/Cl)CC3)c(F)c2)CC1. The van der Waals surface area contributed by atoms with Crippen LogP contribution in [0.15, 0.2) is 23.7 Å². The second-order valence-corrected chi connectivity index (χ2v) is 9.52. The predicted octanol–water partition coefficient (Wildman–Crippen LogP) is 8.73. The van der Waals surface area contributed by atoms with Crippen LogP contribution in [0.5, 0.6) is 0 Å². The predicted molar refractivity (Wildman–Crippen MR) is 123 cm³/mol. The molecule has 3 heteroatoms. The lowest BCUT2D eigenvalue weighted by molar-refractivity contribution is 0.302. The Kier molecular flexibility index (Phi) is 9.26. The molecule has 0 N–H and O–H groups in total. The first-order valence-electron chi connectivity index (χ1n) is 11.9. The highest BCUT2D eigenvalue weighted by Crippen LogP contribution is 2.38. The Morgan fingerprint density at radius 1 is 0.967 bits per heavy atom. The molecule has 2 aliphatic rings. The molecule has 30 heavy (non-hydrogen) atoms. The first-order chi connectivity index (χ1) is 14.6. The lowest BCUT2D eigenvalue weighted by Crippen LogP contribution is -2.14. The number of halogens is 3. The number of unbranched alkanes of at least 4 members (excludes halogenated alkanes) is 2. The van der Waals surface area contributed by atoms with Crippen LogP contribution >= 0.6 is 11.6 Å². The van der Waals surface area contributed by atoms with E-state index < -0.39 is 11.6 Å². The van der Waals surface area contributed by atoms with Gasteiger partial charge in [0, 0.05) is 11.5 Å². The molecule has 1 aromatic carbocycles. The van der Waals surface area contributed by atoms with Gasteiger partial charge in [0.05, 0.1) is 5.56 Å². The zero-order valence-electron chi connectivity index (χ0n) is 18.2. The third kappa shape index (κ3) is 6.58. The lowest BCUT2D eigenvalue weighted by Gasteiger charge is -2.29. The van der Waals surface area contributed by atoms with Gasteiger partial charge in [0.15, 0.2) is 0 Å². The van der Waals surface area contributed by atoms with Gasteiger partial charge in [0.1, 0.15) is 11.6 Å². The van der Waals surface area contributed by atoms with Gasteiger partial charge >= 0.3 is 0 Å². The average molecular weight is 433 g/mol. The van der Waals surface area contributed by atoms with Crippen molar-refractivity contribution in [3.8, 4) is 11.8 Å². The Morgan fingerprint density at radius 2 is 1.63 bits per heavy atom. The van der Waals surface area contributed by atoms with Crippen molar-refractivity contribution in [3.05, 3.63) is 46.5 Å². The molecule has 0 atom stereocenters. The molecule has 0 nitrogen and oxygen atoms in total. The fourth-order valence-electron chi connectivity index (χ4n) is 5.15. The summed E-state index contributed by atoms with van der Waals surface area (Å²) in [5.74, 6) is 6.75. The summed E-state index contributed by atoms with van der Waals surface area (Å²) >= 11 is 5.66. The highest BCUT2D eigenvalue weighted by atomic mass is 35.5. The second kappa shape index (κ2) is 11.9. The number of hydrogen-bond donors (Lipinski definition) is 0. The summed E-state index contributed by atoms with van der Waals surface area (Å²) in [6, 6.07) is 3.08. The van der Waals surface area contributed by atoms with Crippen molar-refractivity contribution < 1.29 is 8.78 Å². The number of hydrogen-bond acceptors (Lipinski definition) is 0. The molecule has 2 aliphatic carbocycles. The van der Waals surface area contributed by atoms with Crippen molar-refractivity contribution in [1.29, 1.82) is 0 Å². The number of rotatable bonds is 6. The molecule has 164 valence electrons. The van der Waals surface area contributed by atoms with Gasteiger partial charge in [0.25, 0.3) is 0 Å². The Bertz CT molecular complexity index is 734. The van der Waals surface area contributed by atoms with Gasteiger partial charge in [-0.05, 0) is 86.8 Å². The molecule has 3 rings (SSSR count). The van der Waals surface area contributed by atoms with E-state index in [9.17, 15) is 8.78 Å². The van der Waals surface area contributed by atoms with Gasteiger partial charge in [-0.3, -0.25) is 0 Å². The Labute approximate surface area is 186 Å². The molecule has 2 fully saturated rings. The molecule has 0 bridgehead atoms. The third-order valence-corrected chi connectivity index (χ3v) is 7.26. The van der Waals surface area contributed by atoms with Crippen LogP contribution in [-0.2, 0) is 0 Å². The largest absolute Gasteiger partial charge is 0.206 e. The molecule has 0 saturated heterocycles. The van der Waals surface area contributed by atoms with Crippen LogP contribution in [0.2, 0.25) is 0 Å².